The molecule has 0 bridgehead atoms. The molecule has 0 unspecified atom stereocenters. The van der Waals surface area contributed by atoms with Crippen LogP contribution in [0.3, 0.4) is 0 Å². The van der Waals surface area contributed by atoms with Crippen molar-refractivity contribution in [3.05, 3.63) is 51.8 Å². The average Bonchev–Trinajstić information content (AvgIpc) is 2.91. The van der Waals surface area contributed by atoms with Crippen LogP contribution in [-0.4, -0.2) is 32.6 Å². The van der Waals surface area contributed by atoms with Gasteiger partial charge in [0.05, 0.1) is 21.8 Å². The van der Waals surface area contributed by atoms with Crippen molar-refractivity contribution in [3.8, 4) is 0 Å². The Labute approximate surface area is 130 Å². The second-order valence-electron chi connectivity index (χ2n) is 4.70. The third-order valence-electron chi connectivity index (χ3n) is 3.39. The highest BCUT2D eigenvalue weighted by Gasteiger charge is 2.39. The van der Waals surface area contributed by atoms with Crippen LogP contribution in [0.25, 0.3) is 0 Å². The van der Waals surface area contributed by atoms with Gasteiger partial charge in [0.25, 0.3) is 11.8 Å². The summed E-state index contributed by atoms with van der Waals surface area (Å²) in [5, 5.41) is 4.45. The number of halogens is 1. The van der Waals surface area contributed by atoms with Crippen LogP contribution in [0.5, 0.6) is 0 Å². The molecule has 1 aliphatic rings. The van der Waals surface area contributed by atoms with Gasteiger partial charge in [-0.15, -0.1) is 0 Å². The Morgan fingerprint density at radius 1 is 1.18 bits per heavy atom. The third kappa shape index (κ3) is 1.98. The molecule has 1 aromatic carbocycles. The van der Waals surface area contributed by atoms with Gasteiger partial charge in [0.15, 0.2) is 5.69 Å². The maximum absolute atomic E-state index is 12.1. The maximum Gasteiger partial charge on any atom is 0.385 e. The van der Waals surface area contributed by atoms with Crippen molar-refractivity contribution in [2.45, 2.75) is 6.92 Å². The van der Waals surface area contributed by atoms with Crippen molar-refractivity contribution in [1.29, 1.82) is 0 Å². The van der Waals surface area contributed by atoms with E-state index in [1.54, 1.807) is 26.1 Å². The molecule has 8 heteroatoms. The van der Waals surface area contributed by atoms with Crippen LogP contribution in [0, 0.1) is 6.92 Å². The summed E-state index contributed by atoms with van der Waals surface area (Å²) in [6.07, 6.45) is 0. The van der Waals surface area contributed by atoms with Crippen LogP contribution in [-0.2, 0) is 11.9 Å². The number of hydrogen-bond acceptors (Lipinski definition) is 5. The lowest BCUT2D eigenvalue weighted by molar-refractivity contribution is -0.0588. The lowest BCUT2D eigenvalue weighted by Gasteiger charge is -2.11. The smallest absolute Gasteiger partial charge is 0.322 e. The summed E-state index contributed by atoms with van der Waals surface area (Å²) in [7, 11) is 1.61. The molecule has 3 rings (SSSR count). The summed E-state index contributed by atoms with van der Waals surface area (Å²) in [6, 6.07) is 6.21. The van der Waals surface area contributed by atoms with Gasteiger partial charge in [-0.05, 0) is 19.1 Å². The largest absolute Gasteiger partial charge is 0.385 e. The van der Waals surface area contributed by atoms with E-state index in [0.29, 0.717) is 10.8 Å². The van der Waals surface area contributed by atoms with Crippen LogP contribution in [0.4, 0.5) is 0 Å². The van der Waals surface area contributed by atoms with Crippen LogP contribution in [0.1, 0.15) is 36.9 Å². The van der Waals surface area contributed by atoms with Gasteiger partial charge < -0.3 is 4.84 Å². The minimum Gasteiger partial charge on any atom is -0.322 e. The standard InChI is InChI=1S/C14H10ClN3O4/c1-7-10(15)11(16-17(7)2)14(21)22-18-12(19)8-5-3-4-6-9(8)13(18)20/h3-6H,1-2H3. The molecule has 0 atom stereocenters. The fourth-order valence-corrected chi connectivity index (χ4v) is 2.33. The summed E-state index contributed by atoms with van der Waals surface area (Å²) in [4.78, 5) is 41.2. The molecule has 1 aromatic heterocycles. The Balaban J connectivity index is 1.88. The van der Waals surface area contributed by atoms with Crippen molar-refractivity contribution in [3.63, 3.8) is 0 Å². The van der Waals surface area contributed by atoms with E-state index in [-0.39, 0.29) is 21.8 Å². The zero-order valence-corrected chi connectivity index (χ0v) is 12.4. The summed E-state index contributed by atoms with van der Waals surface area (Å²) < 4.78 is 1.40. The number of hydrogen-bond donors (Lipinski definition) is 0. The first-order valence-electron chi connectivity index (χ1n) is 6.31. The molecule has 0 N–H and O–H groups in total. The summed E-state index contributed by atoms with van der Waals surface area (Å²) >= 11 is 5.98. The number of carbonyl (C=O) groups is 3. The fraction of sp³-hybridized carbons (Fsp3) is 0.143. The molecule has 0 radical (unpaired) electrons. The normalized spacial score (nSPS) is 13.5. The van der Waals surface area contributed by atoms with Crippen LogP contribution in [0.15, 0.2) is 24.3 Å². The van der Waals surface area contributed by atoms with Gasteiger partial charge in [0.2, 0.25) is 0 Å². The minimum atomic E-state index is -0.969. The first-order chi connectivity index (χ1) is 10.4. The molecule has 1 aliphatic heterocycles. The van der Waals surface area contributed by atoms with Crippen LogP contribution < -0.4 is 0 Å². The monoisotopic (exact) mass is 319 g/mol. The van der Waals surface area contributed by atoms with E-state index in [2.05, 4.69) is 5.10 Å². The number of hydroxylamine groups is 2. The van der Waals surface area contributed by atoms with Crippen molar-refractivity contribution in [1.82, 2.24) is 14.8 Å². The highest BCUT2D eigenvalue weighted by molar-refractivity contribution is 6.34. The molecule has 2 heterocycles. The fourth-order valence-electron chi connectivity index (χ4n) is 2.09. The number of imide groups is 1. The number of amides is 2. The molecule has 2 aromatic rings. The Bertz CT molecular complexity index is 792. The average molecular weight is 320 g/mol. The quantitative estimate of drug-likeness (QED) is 0.788. The van der Waals surface area contributed by atoms with Crippen molar-refractivity contribution in [2.24, 2.45) is 7.05 Å². The zero-order valence-electron chi connectivity index (χ0n) is 11.7. The van der Waals surface area contributed by atoms with Gasteiger partial charge in [-0.3, -0.25) is 14.3 Å². The summed E-state index contributed by atoms with van der Waals surface area (Å²) in [6.45, 7) is 1.67. The molecule has 0 saturated carbocycles. The molecule has 0 spiro atoms. The van der Waals surface area contributed by atoms with E-state index in [1.165, 1.54) is 16.8 Å². The Kier molecular flexibility index (Phi) is 3.22. The highest BCUT2D eigenvalue weighted by Crippen LogP contribution is 2.25. The molecule has 2 amide bonds. The van der Waals surface area contributed by atoms with Gasteiger partial charge in [0, 0.05) is 7.05 Å². The van der Waals surface area contributed by atoms with Gasteiger partial charge in [-0.1, -0.05) is 28.8 Å². The second-order valence-corrected chi connectivity index (χ2v) is 5.08. The predicted octanol–water partition coefficient (Wildman–Crippen LogP) is 1.75. The topological polar surface area (TPSA) is 81.5 Å². The van der Waals surface area contributed by atoms with Crippen LogP contribution >= 0.6 is 11.6 Å². The molecule has 0 aliphatic carbocycles. The highest BCUT2D eigenvalue weighted by atomic mass is 35.5. The Morgan fingerprint density at radius 2 is 1.73 bits per heavy atom. The van der Waals surface area contributed by atoms with Crippen molar-refractivity contribution in [2.75, 3.05) is 0 Å². The summed E-state index contributed by atoms with van der Waals surface area (Å²) in [5.74, 6) is -2.36. The SMILES string of the molecule is Cc1c(Cl)c(C(=O)ON2C(=O)c3ccccc3C2=O)nn1C. The lowest BCUT2D eigenvalue weighted by Crippen LogP contribution is -2.32. The minimum absolute atomic E-state index is 0.115. The molecular weight excluding hydrogens is 310 g/mol. The third-order valence-corrected chi connectivity index (χ3v) is 3.84. The number of benzene rings is 1. The number of carbonyl (C=O) groups excluding carboxylic acids is 3. The number of nitrogens with zero attached hydrogens (tertiary/aromatic N) is 3. The first-order valence-corrected chi connectivity index (χ1v) is 6.69. The number of aryl methyl sites for hydroxylation is 1. The van der Waals surface area contributed by atoms with Gasteiger partial charge in [-0.2, -0.15) is 5.10 Å². The zero-order chi connectivity index (χ0) is 16.0. The van der Waals surface area contributed by atoms with E-state index >= 15 is 0 Å². The number of rotatable bonds is 2. The number of fused-ring (bicyclic) bond motifs is 1. The van der Waals surface area contributed by atoms with E-state index in [1.807, 2.05) is 0 Å². The van der Waals surface area contributed by atoms with E-state index in [4.69, 9.17) is 16.4 Å². The molecule has 22 heavy (non-hydrogen) atoms. The van der Waals surface area contributed by atoms with Gasteiger partial charge in [-0.25, -0.2) is 4.79 Å². The van der Waals surface area contributed by atoms with Crippen molar-refractivity contribution < 1.29 is 19.2 Å². The Hall–Kier alpha value is -2.67. The first kappa shape index (κ1) is 14.3. The maximum atomic E-state index is 12.1. The molecule has 7 nitrogen and oxygen atoms in total. The molecule has 112 valence electrons. The van der Waals surface area contributed by atoms with Crippen molar-refractivity contribution >= 4 is 29.4 Å². The second kappa shape index (κ2) is 4.96. The Morgan fingerprint density at radius 3 is 2.18 bits per heavy atom. The molecular formula is C14H10ClN3O4. The molecule has 0 fully saturated rings. The summed E-state index contributed by atoms with van der Waals surface area (Å²) in [5.41, 5.74) is 0.779. The van der Waals surface area contributed by atoms with E-state index in [9.17, 15) is 14.4 Å². The van der Waals surface area contributed by atoms with Gasteiger partial charge in [0.1, 0.15) is 0 Å². The van der Waals surface area contributed by atoms with Crippen LogP contribution in [0.2, 0.25) is 5.02 Å². The van der Waals surface area contributed by atoms with E-state index < -0.39 is 17.8 Å². The molecule has 0 saturated heterocycles. The van der Waals surface area contributed by atoms with Gasteiger partial charge >= 0.3 is 5.97 Å². The lowest BCUT2D eigenvalue weighted by atomic mass is 10.1. The number of aromatic nitrogens is 2. The van der Waals surface area contributed by atoms with E-state index in [0.717, 1.165) is 0 Å². The predicted molar refractivity (Wildman–Crippen MR) is 75.3 cm³/mol.